The molecule has 1 aliphatic rings. The van der Waals surface area contributed by atoms with Gasteiger partial charge in [0.15, 0.2) is 0 Å². The molecule has 0 spiro atoms. The van der Waals surface area contributed by atoms with Crippen molar-refractivity contribution in [2.45, 2.75) is 57.8 Å². The summed E-state index contributed by atoms with van der Waals surface area (Å²) >= 11 is 3.48. The van der Waals surface area contributed by atoms with E-state index in [1.54, 1.807) is 0 Å². The molecule has 1 fully saturated rings. The van der Waals surface area contributed by atoms with Gasteiger partial charge in [-0.3, -0.25) is 0 Å². The maximum absolute atomic E-state index is 10.2. The predicted molar refractivity (Wildman–Crippen MR) is 80.3 cm³/mol. The molecule has 19 heavy (non-hydrogen) atoms. The lowest BCUT2D eigenvalue weighted by molar-refractivity contribution is 0.0310. The van der Waals surface area contributed by atoms with Crippen LogP contribution >= 0.6 is 15.9 Å². The van der Waals surface area contributed by atoms with E-state index in [-0.39, 0.29) is 12.2 Å². The lowest BCUT2D eigenvalue weighted by Gasteiger charge is -2.24. The zero-order valence-corrected chi connectivity index (χ0v) is 12.9. The predicted octanol–water partition coefficient (Wildman–Crippen LogP) is 3.29. The van der Waals surface area contributed by atoms with E-state index < -0.39 is 0 Å². The SMILES string of the molecule is Cc1cc(Br)cc(CN)c1OC1CCCCCC1O. The number of ether oxygens (including phenoxy) is 1. The Bertz CT molecular complexity index is 436. The minimum atomic E-state index is -0.365. The molecule has 0 radical (unpaired) electrons. The summed E-state index contributed by atoms with van der Waals surface area (Å²) in [7, 11) is 0. The van der Waals surface area contributed by atoms with Crippen LogP contribution in [-0.2, 0) is 6.54 Å². The first-order chi connectivity index (χ1) is 9.11. The molecule has 0 aromatic heterocycles. The summed E-state index contributed by atoms with van der Waals surface area (Å²) in [5, 5.41) is 10.2. The van der Waals surface area contributed by atoms with Gasteiger partial charge in [-0.15, -0.1) is 0 Å². The molecular formula is C15H22BrNO2. The molecule has 2 unspecified atom stereocenters. The molecule has 3 nitrogen and oxygen atoms in total. The summed E-state index contributed by atoms with van der Waals surface area (Å²) in [4.78, 5) is 0. The first-order valence-corrected chi connectivity index (χ1v) is 7.75. The van der Waals surface area contributed by atoms with Gasteiger partial charge in [0, 0.05) is 16.6 Å². The molecule has 4 heteroatoms. The number of benzene rings is 1. The van der Waals surface area contributed by atoms with Crippen molar-refractivity contribution >= 4 is 15.9 Å². The standard InChI is InChI=1S/C15H22BrNO2/c1-10-7-12(16)8-11(9-17)15(10)19-14-6-4-2-3-5-13(14)18/h7-8,13-14,18H,2-6,9,17H2,1H3. The van der Waals surface area contributed by atoms with Crippen LogP contribution in [0.1, 0.15) is 43.2 Å². The smallest absolute Gasteiger partial charge is 0.127 e. The van der Waals surface area contributed by atoms with Gasteiger partial charge in [-0.25, -0.2) is 0 Å². The molecule has 1 aromatic carbocycles. The molecule has 2 rings (SSSR count). The van der Waals surface area contributed by atoms with Crippen LogP contribution in [0.2, 0.25) is 0 Å². The van der Waals surface area contributed by atoms with Crippen LogP contribution in [0.5, 0.6) is 5.75 Å². The van der Waals surface area contributed by atoms with Crippen LogP contribution in [0.25, 0.3) is 0 Å². The van der Waals surface area contributed by atoms with Crippen molar-refractivity contribution in [2.75, 3.05) is 0 Å². The molecular weight excluding hydrogens is 306 g/mol. The third-order valence-electron chi connectivity index (χ3n) is 3.72. The Morgan fingerprint density at radius 2 is 2.05 bits per heavy atom. The fraction of sp³-hybridized carbons (Fsp3) is 0.600. The van der Waals surface area contributed by atoms with Crippen molar-refractivity contribution in [2.24, 2.45) is 5.73 Å². The van der Waals surface area contributed by atoms with Crippen molar-refractivity contribution in [3.8, 4) is 5.75 Å². The number of aliphatic hydroxyl groups excluding tert-OH is 1. The van der Waals surface area contributed by atoms with E-state index in [1.165, 1.54) is 6.42 Å². The summed E-state index contributed by atoms with van der Waals surface area (Å²) in [6.45, 7) is 2.46. The Balaban J connectivity index is 2.21. The number of aryl methyl sites for hydroxylation is 1. The first-order valence-electron chi connectivity index (χ1n) is 6.95. The second-order valence-corrected chi connectivity index (χ2v) is 6.19. The topological polar surface area (TPSA) is 55.5 Å². The maximum Gasteiger partial charge on any atom is 0.127 e. The number of rotatable bonds is 3. The van der Waals surface area contributed by atoms with Gasteiger partial charge >= 0.3 is 0 Å². The number of hydrogen-bond acceptors (Lipinski definition) is 3. The zero-order valence-electron chi connectivity index (χ0n) is 11.4. The molecule has 106 valence electrons. The summed E-state index contributed by atoms with van der Waals surface area (Å²) in [5.41, 5.74) is 7.85. The summed E-state index contributed by atoms with van der Waals surface area (Å²) in [5.74, 6) is 0.844. The Morgan fingerprint density at radius 3 is 2.79 bits per heavy atom. The van der Waals surface area contributed by atoms with E-state index in [4.69, 9.17) is 10.5 Å². The van der Waals surface area contributed by atoms with Crippen molar-refractivity contribution < 1.29 is 9.84 Å². The lowest BCUT2D eigenvalue weighted by Crippen LogP contribution is -2.31. The Morgan fingerprint density at radius 1 is 1.32 bits per heavy atom. The lowest BCUT2D eigenvalue weighted by atomic mass is 10.1. The first kappa shape index (κ1) is 14.8. The monoisotopic (exact) mass is 327 g/mol. The van der Waals surface area contributed by atoms with Gasteiger partial charge in [-0.2, -0.15) is 0 Å². The maximum atomic E-state index is 10.2. The zero-order chi connectivity index (χ0) is 13.8. The van der Waals surface area contributed by atoms with E-state index >= 15 is 0 Å². The van der Waals surface area contributed by atoms with Crippen molar-refractivity contribution in [3.63, 3.8) is 0 Å². The highest BCUT2D eigenvalue weighted by molar-refractivity contribution is 9.10. The average molecular weight is 328 g/mol. The molecule has 1 saturated carbocycles. The molecule has 0 aliphatic heterocycles. The highest BCUT2D eigenvalue weighted by atomic mass is 79.9. The van der Waals surface area contributed by atoms with Crippen LogP contribution in [0.3, 0.4) is 0 Å². The van der Waals surface area contributed by atoms with Gasteiger partial charge in [-0.1, -0.05) is 28.8 Å². The van der Waals surface area contributed by atoms with Crippen LogP contribution in [-0.4, -0.2) is 17.3 Å². The van der Waals surface area contributed by atoms with Gasteiger partial charge in [0.1, 0.15) is 11.9 Å². The third kappa shape index (κ3) is 3.71. The Kier molecular flexibility index (Phi) is 5.25. The highest BCUT2D eigenvalue weighted by Crippen LogP contribution is 2.31. The summed E-state index contributed by atoms with van der Waals surface area (Å²) in [6, 6.07) is 4.02. The van der Waals surface area contributed by atoms with E-state index in [0.29, 0.717) is 6.54 Å². The molecule has 0 saturated heterocycles. The molecule has 3 N–H and O–H groups in total. The quantitative estimate of drug-likeness (QED) is 0.837. The average Bonchev–Trinajstić information content (AvgIpc) is 2.57. The van der Waals surface area contributed by atoms with Gasteiger partial charge in [0.25, 0.3) is 0 Å². The van der Waals surface area contributed by atoms with E-state index in [2.05, 4.69) is 15.9 Å². The third-order valence-corrected chi connectivity index (χ3v) is 4.18. The van der Waals surface area contributed by atoms with Crippen molar-refractivity contribution in [3.05, 3.63) is 27.7 Å². The van der Waals surface area contributed by atoms with Gasteiger partial charge in [-0.05, 0) is 43.9 Å². The number of aliphatic hydroxyl groups is 1. The molecule has 1 aromatic rings. The molecule has 1 aliphatic carbocycles. The number of halogens is 1. The van der Waals surface area contributed by atoms with Crippen LogP contribution in [0.15, 0.2) is 16.6 Å². The highest BCUT2D eigenvalue weighted by Gasteiger charge is 2.24. The van der Waals surface area contributed by atoms with Crippen LogP contribution in [0, 0.1) is 6.92 Å². The van der Waals surface area contributed by atoms with E-state index in [0.717, 1.165) is 47.0 Å². The normalized spacial score (nSPS) is 24.0. The minimum Gasteiger partial charge on any atom is -0.487 e. The molecule has 0 amide bonds. The number of nitrogens with two attached hydrogens (primary N) is 1. The van der Waals surface area contributed by atoms with E-state index in [1.807, 2.05) is 19.1 Å². The molecule has 0 heterocycles. The summed E-state index contributed by atoms with van der Waals surface area (Å²) < 4.78 is 7.12. The van der Waals surface area contributed by atoms with Gasteiger partial charge in [0.2, 0.25) is 0 Å². The number of hydrogen-bond donors (Lipinski definition) is 2. The Hall–Kier alpha value is -0.580. The van der Waals surface area contributed by atoms with Gasteiger partial charge in [0.05, 0.1) is 6.10 Å². The second-order valence-electron chi connectivity index (χ2n) is 5.28. The van der Waals surface area contributed by atoms with Crippen LogP contribution < -0.4 is 10.5 Å². The van der Waals surface area contributed by atoms with Crippen molar-refractivity contribution in [1.82, 2.24) is 0 Å². The molecule has 0 bridgehead atoms. The second kappa shape index (κ2) is 6.73. The van der Waals surface area contributed by atoms with Crippen molar-refractivity contribution in [1.29, 1.82) is 0 Å². The van der Waals surface area contributed by atoms with Gasteiger partial charge < -0.3 is 15.6 Å². The van der Waals surface area contributed by atoms with E-state index in [9.17, 15) is 5.11 Å². The fourth-order valence-electron chi connectivity index (χ4n) is 2.66. The largest absolute Gasteiger partial charge is 0.487 e. The fourth-order valence-corrected chi connectivity index (χ4v) is 3.28. The minimum absolute atomic E-state index is 0.104. The van der Waals surface area contributed by atoms with Crippen LogP contribution in [0.4, 0.5) is 0 Å². The molecule has 2 atom stereocenters. The summed E-state index contributed by atoms with van der Waals surface area (Å²) in [6.07, 6.45) is 4.67. The Labute approximate surface area is 123 Å².